The maximum atomic E-state index is 12.6. The Labute approximate surface area is 177 Å². The molecule has 1 atom stereocenters. The quantitative estimate of drug-likeness (QED) is 0.418. The van der Waals surface area contributed by atoms with E-state index in [1.165, 1.54) is 12.1 Å². The van der Waals surface area contributed by atoms with E-state index in [0.717, 1.165) is 16.5 Å². The number of aromatic amines is 1. The molecule has 0 saturated heterocycles. The second kappa shape index (κ2) is 7.88. The van der Waals surface area contributed by atoms with E-state index in [0.29, 0.717) is 17.4 Å². The van der Waals surface area contributed by atoms with Crippen LogP contribution in [0.4, 0.5) is 0 Å². The van der Waals surface area contributed by atoms with Crippen molar-refractivity contribution < 1.29 is 14.3 Å². The number of hydrogen-bond acceptors (Lipinski definition) is 4. The number of carbonyl (C=O) groups is 1. The number of phenolic OH excluding ortho intramolecular Hbond substituents is 1. The van der Waals surface area contributed by atoms with Crippen molar-refractivity contribution in [1.29, 1.82) is 0 Å². The molecule has 0 aliphatic carbocycles. The fourth-order valence-electron chi connectivity index (χ4n) is 3.77. The summed E-state index contributed by atoms with van der Waals surface area (Å²) in [4.78, 5) is 28.3. The number of amides is 1. The highest BCUT2D eigenvalue weighted by Gasteiger charge is 2.18. The van der Waals surface area contributed by atoms with E-state index in [2.05, 4.69) is 10.3 Å². The van der Waals surface area contributed by atoms with Gasteiger partial charge in [0.1, 0.15) is 11.3 Å². The molecule has 0 saturated carbocycles. The maximum Gasteiger partial charge on any atom is 0.340 e. The van der Waals surface area contributed by atoms with Crippen LogP contribution >= 0.6 is 11.6 Å². The molecule has 4 rings (SSSR count). The maximum absolute atomic E-state index is 12.6. The first-order valence-corrected chi connectivity index (χ1v) is 10.0. The summed E-state index contributed by atoms with van der Waals surface area (Å²) in [6.07, 6.45) is 2.52. The predicted molar refractivity (Wildman–Crippen MR) is 117 cm³/mol. The molecule has 6 nitrogen and oxygen atoms in total. The standard InChI is InChI=1S/C23H21ClN2O4/c1-12(7-14-11-25-19-6-4-3-5-15(14)19)26-22(28)9-17-13(2)16-8-18(24)20(27)10-21(16)30-23(17)29/h3-6,8,10-12,25,27H,7,9H2,1-2H3,(H,26,28)/t12-/m0/s1. The van der Waals surface area contributed by atoms with E-state index in [1.807, 2.05) is 37.4 Å². The normalized spacial score (nSPS) is 12.4. The molecule has 0 fully saturated rings. The molecule has 0 aliphatic rings. The van der Waals surface area contributed by atoms with E-state index in [4.69, 9.17) is 16.0 Å². The predicted octanol–water partition coefficient (Wildman–Crippen LogP) is 4.23. The summed E-state index contributed by atoms with van der Waals surface area (Å²) >= 11 is 5.98. The molecular formula is C23H21ClN2O4. The van der Waals surface area contributed by atoms with Crippen LogP contribution in [0.15, 0.2) is 51.8 Å². The van der Waals surface area contributed by atoms with Crippen molar-refractivity contribution in [3.05, 3.63) is 74.7 Å². The SMILES string of the molecule is Cc1c(CC(=O)N[C@@H](C)Cc2c[nH]c3ccccc23)c(=O)oc2cc(O)c(Cl)cc12. The second-order valence-electron chi connectivity index (χ2n) is 7.50. The van der Waals surface area contributed by atoms with Gasteiger partial charge < -0.3 is 19.8 Å². The number of fused-ring (bicyclic) bond motifs is 2. The van der Waals surface area contributed by atoms with Gasteiger partial charge >= 0.3 is 5.63 Å². The minimum atomic E-state index is -0.596. The van der Waals surface area contributed by atoms with E-state index in [9.17, 15) is 14.7 Å². The van der Waals surface area contributed by atoms with Crippen molar-refractivity contribution >= 4 is 39.4 Å². The van der Waals surface area contributed by atoms with E-state index < -0.39 is 5.63 Å². The van der Waals surface area contributed by atoms with Gasteiger partial charge in [-0.3, -0.25) is 4.79 Å². The number of para-hydroxylation sites is 1. The lowest BCUT2D eigenvalue weighted by molar-refractivity contribution is -0.121. The van der Waals surface area contributed by atoms with Gasteiger partial charge in [0.2, 0.25) is 5.91 Å². The number of phenols is 1. The average Bonchev–Trinajstić information content (AvgIpc) is 3.10. The van der Waals surface area contributed by atoms with Gasteiger partial charge in [-0.1, -0.05) is 29.8 Å². The highest BCUT2D eigenvalue weighted by atomic mass is 35.5. The van der Waals surface area contributed by atoms with Gasteiger partial charge in [-0.25, -0.2) is 4.79 Å². The number of rotatable bonds is 5. The number of benzene rings is 2. The van der Waals surface area contributed by atoms with Crippen molar-refractivity contribution in [2.24, 2.45) is 0 Å². The Morgan fingerprint density at radius 3 is 2.83 bits per heavy atom. The first-order chi connectivity index (χ1) is 14.3. The van der Waals surface area contributed by atoms with E-state index >= 15 is 0 Å². The largest absolute Gasteiger partial charge is 0.506 e. The lowest BCUT2D eigenvalue weighted by Crippen LogP contribution is -2.36. The zero-order valence-corrected chi connectivity index (χ0v) is 17.3. The number of H-pyrrole nitrogens is 1. The minimum absolute atomic E-state index is 0.0964. The number of aryl methyl sites for hydroxylation is 1. The first-order valence-electron chi connectivity index (χ1n) is 9.62. The van der Waals surface area contributed by atoms with Gasteiger partial charge in [0.25, 0.3) is 0 Å². The molecule has 0 spiro atoms. The smallest absolute Gasteiger partial charge is 0.340 e. The third kappa shape index (κ3) is 3.78. The molecule has 7 heteroatoms. The van der Waals surface area contributed by atoms with Crippen molar-refractivity contribution in [3.63, 3.8) is 0 Å². The van der Waals surface area contributed by atoms with Crippen LogP contribution in [0.3, 0.4) is 0 Å². The van der Waals surface area contributed by atoms with Gasteiger partial charge in [0, 0.05) is 34.6 Å². The number of aromatic nitrogens is 1. The summed E-state index contributed by atoms with van der Waals surface area (Å²) in [7, 11) is 0. The lowest BCUT2D eigenvalue weighted by Gasteiger charge is -2.14. The topological polar surface area (TPSA) is 95.3 Å². The van der Waals surface area contributed by atoms with Crippen LogP contribution in [0.5, 0.6) is 5.75 Å². The monoisotopic (exact) mass is 424 g/mol. The molecule has 3 N–H and O–H groups in total. The van der Waals surface area contributed by atoms with Gasteiger partial charge in [0.05, 0.1) is 17.0 Å². The van der Waals surface area contributed by atoms with E-state index in [-0.39, 0.29) is 40.3 Å². The van der Waals surface area contributed by atoms with Gasteiger partial charge in [-0.05, 0) is 43.5 Å². The summed E-state index contributed by atoms with van der Waals surface area (Å²) in [5.41, 5.74) is 2.70. The highest BCUT2D eigenvalue weighted by molar-refractivity contribution is 6.32. The summed E-state index contributed by atoms with van der Waals surface area (Å²) in [6.45, 7) is 3.67. The van der Waals surface area contributed by atoms with Crippen molar-refractivity contribution in [1.82, 2.24) is 10.3 Å². The fourth-order valence-corrected chi connectivity index (χ4v) is 3.93. The van der Waals surface area contributed by atoms with Crippen molar-refractivity contribution in [2.75, 3.05) is 0 Å². The van der Waals surface area contributed by atoms with Crippen molar-refractivity contribution in [2.45, 2.75) is 32.7 Å². The van der Waals surface area contributed by atoms with Crippen LogP contribution in [0, 0.1) is 6.92 Å². The molecule has 0 radical (unpaired) electrons. The number of hydrogen-bond donors (Lipinski definition) is 3. The molecule has 1 amide bonds. The second-order valence-corrected chi connectivity index (χ2v) is 7.91. The van der Waals surface area contributed by atoms with Crippen LogP contribution in [0.2, 0.25) is 5.02 Å². The Morgan fingerprint density at radius 2 is 2.03 bits per heavy atom. The number of carbonyl (C=O) groups excluding carboxylic acids is 1. The lowest BCUT2D eigenvalue weighted by atomic mass is 10.0. The molecule has 30 heavy (non-hydrogen) atoms. The van der Waals surface area contributed by atoms with Crippen molar-refractivity contribution in [3.8, 4) is 5.75 Å². The van der Waals surface area contributed by atoms with Gasteiger partial charge in [0.15, 0.2) is 0 Å². The third-order valence-electron chi connectivity index (χ3n) is 5.30. The zero-order chi connectivity index (χ0) is 21.4. The first kappa shape index (κ1) is 20.0. The molecule has 0 unspecified atom stereocenters. The van der Waals surface area contributed by atoms with Crippen LogP contribution < -0.4 is 10.9 Å². The molecule has 4 aromatic rings. The molecule has 0 aliphatic heterocycles. The van der Waals surface area contributed by atoms with Crippen LogP contribution in [0.25, 0.3) is 21.9 Å². The molecule has 2 aromatic carbocycles. The Hall–Kier alpha value is -3.25. The number of nitrogens with one attached hydrogen (secondary N) is 2. The number of aromatic hydroxyl groups is 1. The third-order valence-corrected chi connectivity index (χ3v) is 5.60. The Morgan fingerprint density at radius 1 is 1.27 bits per heavy atom. The Kier molecular flexibility index (Phi) is 5.26. The Balaban J connectivity index is 1.51. The van der Waals surface area contributed by atoms with E-state index in [1.54, 1.807) is 6.92 Å². The minimum Gasteiger partial charge on any atom is -0.506 e. The number of halogens is 1. The van der Waals surface area contributed by atoms with Crippen LogP contribution in [-0.4, -0.2) is 22.0 Å². The average molecular weight is 425 g/mol. The highest BCUT2D eigenvalue weighted by Crippen LogP contribution is 2.30. The molecule has 0 bridgehead atoms. The summed E-state index contributed by atoms with van der Waals surface area (Å²) in [6, 6.07) is 10.7. The van der Waals surface area contributed by atoms with Gasteiger partial charge in [-0.15, -0.1) is 0 Å². The molecular weight excluding hydrogens is 404 g/mol. The summed E-state index contributed by atoms with van der Waals surface area (Å²) in [5.74, 6) is -0.426. The summed E-state index contributed by atoms with van der Waals surface area (Å²) in [5, 5.41) is 14.6. The molecule has 2 heterocycles. The zero-order valence-electron chi connectivity index (χ0n) is 16.6. The fraction of sp³-hybridized carbons (Fsp3) is 0.217. The molecule has 2 aromatic heterocycles. The van der Waals surface area contributed by atoms with Gasteiger partial charge in [-0.2, -0.15) is 0 Å². The van der Waals surface area contributed by atoms with Crippen LogP contribution in [0.1, 0.15) is 23.6 Å². The summed E-state index contributed by atoms with van der Waals surface area (Å²) < 4.78 is 5.29. The van der Waals surface area contributed by atoms with Crippen LogP contribution in [-0.2, 0) is 17.6 Å². The molecule has 154 valence electrons. The Bertz CT molecular complexity index is 1320.